The van der Waals surface area contributed by atoms with Crippen LogP contribution in [0.15, 0.2) is 24.3 Å². The maximum atomic E-state index is 12.0. The van der Waals surface area contributed by atoms with Crippen LogP contribution in [0.2, 0.25) is 0 Å². The molecule has 0 bridgehead atoms. The Hall–Kier alpha value is -1.39. The van der Waals surface area contributed by atoms with Crippen molar-refractivity contribution in [2.45, 2.75) is 45.1 Å². The van der Waals surface area contributed by atoms with Crippen molar-refractivity contribution in [1.82, 2.24) is 4.90 Å². The van der Waals surface area contributed by atoms with E-state index < -0.39 is 0 Å². The lowest BCUT2D eigenvalue weighted by atomic mass is 10.1. The van der Waals surface area contributed by atoms with Gasteiger partial charge in [-0.05, 0) is 43.6 Å². The first kappa shape index (κ1) is 16.0. The molecule has 4 nitrogen and oxygen atoms in total. The number of amides is 1. The van der Waals surface area contributed by atoms with Crippen LogP contribution in [-0.4, -0.2) is 30.4 Å². The molecule has 1 aliphatic heterocycles. The second-order valence-electron chi connectivity index (χ2n) is 5.81. The molecule has 1 aliphatic rings. The zero-order valence-electron chi connectivity index (χ0n) is 12.8. The highest BCUT2D eigenvalue weighted by atomic mass is 16.1. The first-order chi connectivity index (χ1) is 10.3. The second kappa shape index (κ2) is 8.80. The number of benzene rings is 1. The fourth-order valence-corrected chi connectivity index (χ4v) is 2.80. The molecule has 2 rings (SSSR count). The largest absolute Gasteiger partial charge is 0.326 e. The summed E-state index contributed by atoms with van der Waals surface area (Å²) < 4.78 is 0. The molecule has 1 fully saturated rings. The monoisotopic (exact) mass is 289 g/mol. The summed E-state index contributed by atoms with van der Waals surface area (Å²) in [5.74, 6) is 0.0891. The topological polar surface area (TPSA) is 58.4 Å². The number of anilines is 1. The summed E-state index contributed by atoms with van der Waals surface area (Å²) in [6, 6.07) is 7.74. The van der Waals surface area contributed by atoms with Gasteiger partial charge in [-0.25, -0.2) is 0 Å². The number of carbonyl (C=O) groups excluding carboxylic acids is 1. The van der Waals surface area contributed by atoms with E-state index in [-0.39, 0.29) is 5.91 Å². The van der Waals surface area contributed by atoms with Crippen LogP contribution < -0.4 is 11.1 Å². The summed E-state index contributed by atoms with van der Waals surface area (Å²) in [4.78, 5) is 14.5. The molecule has 1 aromatic rings. The van der Waals surface area contributed by atoms with Crippen LogP contribution in [-0.2, 0) is 11.3 Å². The normalized spacial score (nSPS) is 17.0. The van der Waals surface area contributed by atoms with E-state index in [1.54, 1.807) is 0 Å². The molecule has 0 aromatic heterocycles. The molecule has 1 heterocycles. The lowest BCUT2D eigenvalue weighted by Crippen LogP contribution is -2.30. The maximum Gasteiger partial charge on any atom is 0.225 e. The number of hydrogen-bond acceptors (Lipinski definition) is 3. The third kappa shape index (κ3) is 5.86. The third-order valence-corrected chi connectivity index (χ3v) is 4.05. The van der Waals surface area contributed by atoms with Crippen molar-refractivity contribution in [2.75, 3.05) is 25.0 Å². The number of nitrogens with zero attached hydrogens (tertiary/aromatic N) is 1. The van der Waals surface area contributed by atoms with Crippen molar-refractivity contribution < 1.29 is 4.79 Å². The van der Waals surface area contributed by atoms with Crippen LogP contribution in [0.4, 0.5) is 5.69 Å². The summed E-state index contributed by atoms with van der Waals surface area (Å²) in [5.41, 5.74) is 7.50. The van der Waals surface area contributed by atoms with Gasteiger partial charge >= 0.3 is 0 Å². The van der Waals surface area contributed by atoms with Gasteiger partial charge in [-0.3, -0.25) is 4.79 Å². The van der Waals surface area contributed by atoms with E-state index in [2.05, 4.69) is 10.2 Å². The van der Waals surface area contributed by atoms with E-state index in [9.17, 15) is 4.79 Å². The number of nitrogens with two attached hydrogens (primary N) is 1. The first-order valence-corrected chi connectivity index (χ1v) is 8.09. The highest BCUT2D eigenvalue weighted by Crippen LogP contribution is 2.12. The summed E-state index contributed by atoms with van der Waals surface area (Å²) in [7, 11) is 0. The molecule has 0 radical (unpaired) electrons. The number of likely N-dealkylation sites (tertiary alicyclic amines) is 1. The van der Waals surface area contributed by atoms with Crippen molar-refractivity contribution in [2.24, 2.45) is 5.73 Å². The second-order valence-corrected chi connectivity index (χ2v) is 5.81. The van der Waals surface area contributed by atoms with Gasteiger partial charge in [-0.1, -0.05) is 31.4 Å². The summed E-state index contributed by atoms with van der Waals surface area (Å²) in [6.07, 6.45) is 7.11. The van der Waals surface area contributed by atoms with Crippen LogP contribution in [0.5, 0.6) is 0 Å². The molecular formula is C17H27N3O. The minimum atomic E-state index is 0.0891. The van der Waals surface area contributed by atoms with Crippen molar-refractivity contribution >= 4 is 11.6 Å². The lowest BCUT2D eigenvalue weighted by Gasteiger charge is -2.24. The van der Waals surface area contributed by atoms with E-state index in [1.807, 2.05) is 24.3 Å². The molecule has 21 heavy (non-hydrogen) atoms. The minimum Gasteiger partial charge on any atom is -0.326 e. The van der Waals surface area contributed by atoms with Crippen molar-refractivity contribution in [3.8, 4) is 0 Å². The Balaban J connectivity index is 1.75. The van der Waals surface area contributed by atoms with E-state index in [1.165, 1.54) is 32.1 Å². The van der Waals surface area contributed by atoms with E-state index in [4.69, 9.17) is 5.73 Å². The standard InChI is InChI=1S/C17H27N3O/c18-14-15-7-6-8-16(13-15)19-17(21)9-12-20-10-4-2-1-3-5-11-20/h6-8,13H,1-5,9-12,14,18H2,(H,19,21). The van der Waals surface area contributed by atoms with E-state index >= 15 is 0 Å². The smallest absolute Gasteiger partial charge is 0.225 e. The van der Waals surface area contributed by atoms with Crippen LogP contribution in [0.1, 0.15) is 44.1 Å². The van der Waals surface area contributed by atoms with Crippen LogP contribution in [0.3, 0.4) is 0 Å². The molecule has 1 saturated heterocycles. The Bertz CT molecular complexity index is 439. The predicted molar refractivity (Wildman–Crippen MR) is 87.1 cm³/mol. The van der Waals surface area contributed by atoms with Gasteiger partial charge in [0, 0.05) is 25.2 Å². The minimum absolute atomic E-state index is 0.0891. The van der Waals surface area contributed by atoms with Crippen molar-refractivity contribution in [3.63, 3.8) is 0 Å². The molecule has 1 amide bonds. The molecule has 116 valence electrons. The summed E-state index contributed by atoms with van der Waals surface area (Å²) >= 11 is 0. The van der Waals surface area contributed by atoms with Gasteiger partial charge < -0.3 is 16.0 Å². The van der Waals surface area contributed by atoms with Gasteiger partial charge in [0.15, 0.2) is 0 Å². The number of nitrogens with one attached hydrogen (secondary N) is 1. The van der Waals surface area contributed by atoms with Crippen LogP contribution in [0, 0.1) is 0 Å². The maximum absolute atomic E-state index is 12.0. The van der Waals surface area contributed by atoms with Crippen molar-refractivity contribution in [1.29, 1.82) is 0 Å². The highest BCUT2D eigenvalue weighted by Gasteiger charge is 2.10. The van der Waals surface area contributed by atoms with E-state index in [0.717, 1.165) is 30.9 Å². The molecule has 0 spiro atoms. The molecule has 0 unspecified atom stereocenters. The van der Waals surface area contributed by atoms with Gasteiger partial charge in [0.25, 0.3) is 0 Å². The van der Waals surface area contributed by atoms with Gasteiger partial charge in [-0.15, -0.1) is 0 Å². The van der Waals surface area contributed by atoms with Crippen LogP contribution in [0.25, 0.3) is 0 Å². The number of hydrogen-bond donors (Lipinski definition) is 2. The van der Waals surface area contributed by atoms with Crippen molar-refractivity contribution in [3.05, 3.63) is 29.8 Å². The summed E-state index contributed by atoms with van der Waals surface area (Å²) in [6.45, 7) is 3.63. The average Bonchev–Trinajstić information content (AvgIpc) is 2.46. The van der Waals surface area contributed by atoms with E-state index in [0.29, 0.717) is 13.0 Å². The predicted octanol–water partition coefficient (Wildman–Crippen LogP) is 2.74. The Morgan fingerprint density at radius 3 is 2.57 bits per heavy atom. The molecule has 1 aromatic carbocycles. The lowest BCUT2D eigenvalue weighted by molar-refractivity contribution is -0.116. The van der Waals surface area contributed by atoms with Gasteiger partial charge in [-0.2, -0.15) is 0 Å². The highest BCUT2D eigenvalue weighted by molar-refractivity contribution is 5.90. The Morgan fingerprint density at radius 2 is 1.86 bits per heavy atom. The Kier molecular flexibility index (Phi) is 6.70. The molecule has 4 heteroatoms. The number of carbonyl (C=O) groups is 1. The zero-order valence-corrected chi connectivity index (χ0v) is 12.8. The number of rotatable bonds is 5. The summed E-state index contributed by atoms with van der Waals surface area (Å²) in [5, 5.41) is 2.96. The Labute approximate surface area is 127 Å². The Morgan fingerprint density at radius 1 is 1.14 bits per heavy atom. The van der Waals surface area contributed by atoms with Crippen LogP contribution >= 0.6 is 0 Å². The molecule has 3 N–H and O–H groups in total. The molecular weight excluding hydrogens is 262 g/mol. The molecule has 0 atom stereocenters. The third-order valence-electron chi connectivity index (χ3n) is 4.05. The SMILES string of the molecule is NCc1cccc(NC(=O)CCN2CCCCCCC2)c1. The fraction of sp³-hybridized carbons (Fsp3) is 0.588. The zero-order chi connectivity index (χ0) is 14.9. The quantitative estimate of drug-likeness (QED) is 0.876. The van der Waals surface area contributed by atoms with Gasteiger partial charge in [0.05, 0.1) is 0 Å². The first-order valence-electron chi connectivity index (χ1n) is 8.09. The van der Waals surface area contributed by atoms with Gasteiger partial charge in [0.2, 0.25) is 5.91 Å². The molecule has 0 saturated carbocycles. The average molecular weight is 289 g/mol. The molecule has 0 aliphatic carbocycles. The fourth-order valence-electron chi connectivity index (χ4n) is 2.80. The van der Waals surface area contributed by atoms with Gasteiger partial charge in [0.1, 0.15) is 0 Å².